The molecule has 0 radical (unpaired) electrons. The molecule has 1 aliphatic rings. The van der Waals surface area contributed by atoms with Gasteiger partial charge in [-0.25, -0.2) is 0 Å². The van der Waals surface area contributed by atoms with Crippen LogP contribution in [-0.2, 0) is 6.42 Å². The fourth-order valence-electron chi connectivity index (χ4n) is 3.07. The minimum absolute atomic E-state index is 0.0436. The van der Waals surface area contributed by atoms with Crippen molar-refractivity contribution in [2.45, 2.75) is 52.5 Å². The third-order valence-corrected chi connectivity index (χ3v) is 4.42. The molecule has 0 bridgehead atoms. The second kappa shape index (κ2) is 7.64. The van der Waals surface area contributed by atoms with E-state index < -0.39 is 0 Å². The number of nitrogens with zero attached hydrogens (tertiary/aromatic N) is 1. The first-order valence-electron chi connectivity index (χ1n) is 8.30. The topological polar surface area (TPSA) is 45.5 Å². The Hall–Kier alpha value is -1.29. The van der Waals surface area contributed by atoms with Crippen LogP contribution in [0.25, 0.3) is 0 Å². The molecule has 2 atom stereocenters. The van der Waals surface area contributed by atoms with Crippen molar-refractivity contribution in [1.82, 2.24) is 10.2 Å². The minimum Gasteiger partial charge on any atom is -0.456 e. The van der Waals surface area contributed by atoms with E-state index in [0.717, 1.165) is 51.1 Å². The fraction of sp³-hybridized carbons (Fsp3) is 0.706. The molecule has 1 aromatic rings. The van der Waals surface area contributed by atoms with Crippen LogP contribution in [0.5, 0.6) is 0 Å². The highest BCUT2D eigenvalue weighted by Gasteiger charge is 2.31. The molecule has 1 saturated heterocycles. The number of nitrogens with one attached hydrogen (secondary N) is 1. The third-order valence-electron chi connectivity index (χ3n) is 4.42. The van der Waals surface area contributed by atoms with E-state index in [0.29, 0.717) is 17.7 Å². The fourth-order valence-corrected chi connectivity index (χ4v) is 3.07. The lowest BCUT2D eigenvalue weighted by molar-refractivity contribution is 0.0594. The second-order valence-electron chi connectivity index (χ2n) is 5.89. The molecular formula is C17H28N2O2. The van der Waals surface area contributed by atoms with Crippen molar-refractivity contribution in [2.24, 2.45) is 5.92 Å². The predicted octanol–water partition coefficient (Wildman–Crippen LogP) is 3.08. The molecular weight excluding hydrogens is 264 g/mol. The highest BCUT2D eigenvalue weighted by atomic mass is 16.4. The molecule has 0 aromatic carbocycles. The summed E-state index contributed by atoms with van der Waals surface area (Å²) in [7, 11) is 0. The Labute approximate surface area is 127 Å². The van der Waals surface area contributed by atoms with Gasteiger partial charge in [-0.2, -0.15) is 0 Å². The van der Waals surface area contributed by atoms with E-state index in [9.17, 15) is 4.79 Å². The van der Waals surface area contributed by atoms with Gasteiger partial charge in [0, 0.05) is 25.6 Å². The number of hydrogen-bond donors (Lipinski definition) is 1. The van der Waals surface area contributed by atoms with Gasteiger partial charge in [-0.3, -0.25) is 4.79 Å². The Morgan fingerprint density at radius 1 is 1.38 bits per heavy atom. The van der Waals surface area contributed by atoms with Crippen molar-refractivity contribution in [3.63, 3.8) is 0 Å². The number of amides is 1. The molecule has 0 aliphatic carbocycles. The zero-order valence-corrected chi connectivity index (χ0v) is 13.5. The summed E-state index contributed by atoms with van der Waals surface area (Å²) in [5.41, 5.74) is 0. The van der Waals surface area contributed by atoms with E-state index in [1.807, 2.05) is 24.0 Å². The Bertz CT molecular complexity index is 455. The highest BCUT2D eigenvalue weighted by molar-refractivity contribution is 5.91. The largest absolute Gasteiger partial charge is 0.456 e. The average Bonchev–Trinajstić information content (AvgIpc) is 3.01. The lowest BCUT2D eigenvalue weighted by atomic mass is 9.89. The highest BCUT2D eigenvalue weighted by Crippen LogP contribution is 2.22. The zero-order valence-electron chi connectivity index (χ0n) is 13.5. The second-order valence-corrected chi connectivity index (χ2v) is 5.89. The first-order valence-corrected chi connectivity index (χ1v) is 8.30. The molecule has 118 valence electrons. The van der Waals surface area contributed by atoms with Crippen molar-refractivity contribution in [3.8, 4) is 0 Å². The van der Waals surface area contributed by atoms with Gasteiger partial charge in [-0.1, -0.05) is 27.2 Å². The van der Waals surface area contributed by atoms with Crippen LogP contribution in [0.3, 0.4) is 0 Å². The van der Waals surface area contributed by atoms with Gasteiger partial charge in [0.05, 0.1) is 0 Å². The average molecular weight is 292 g/mol. The summed E-state index contributed by atoms with van der Waals surface area (Å²) in [6.45, 7) is 9.15. The minimum atomic E-state index is 0.0436. The van der Waals surface area contributed by atoms with Crippen LogP contribution in [-0.4, -0.2) is 36.5 Å². The Morgan fingerprint density at radius 3 is 2.81 bits per heavy atom. The molecule has 2 unspecified atom stereocenters. The van der Waals surface area contributed by atoms with Crippen molar-refractivity contribution < 1.29 is 9.21 Å². The summed E-state index contributed by atoms with van der Waals surface area (Å²) in [6.07, 6.45) is 4.12. The number of aryl methyl sites for hydroxylation is 1. The number of furan rings is 1. The molecule has 1 aromatic heterocycles. The number of hydrogen-bond acceptors (Lipinski definition) is 3. The van der Waals surface area contributed by atoms with Crippen LogP contribution < -0.4 is 5.32 Å². The van der Waals surface area contributed by atoms with Gasteiger partial charge >= 0.3 is 0 Å². The molecule has 4 heteroatoms. The Balaban J connectivity index is 1.97. The number of piperidine rings is 1. The van der Waals surface area contributed by atoms with Gasteiger partial charge in [0.25, 0.3) is 5.91 Å². The van der Waals surface area contributed by atoms with Crippen molar-refractivity contribution >= 4 is 5.91 Å². The molecule has 1 amide bonds. The number of rotatable bonds is 6. The molecule has 21 heavy (non-hydrogen) atoms. The summed E-state index contributed by atoms with van der Waals surface area (Å²) < 4.78 is 5.60. The summed E-state index contributed by atoms with van der Waals surface area (Å²) in [6, 6.07) is 4.26. The number of carbonyl (C=O) groups excluding carboxylic acids is 1. The van der Waals surface area contributed by atoms with Gasteiger partial charge < -0.3 is 14.6 Å². The van der Waals surface area contributed by atoms with Crippen LogP contribution in [0.1, 0.15) is 56.3 Å². The van der Waals surface area contributed by atoms with Crippen LogP contribution in [0.4, 0.5) is 0 Å². The molecule has 1 N–H and O–H groups in total. The smallest absolute Gasteiger partial charge is 0.289 e. The SMILES string of the molecule is CCCNC1CCN(C(=O)c2ccc(CC)o2)CC1CC. The zero-order chi connectivity index (χ0) is 15.2. The standard InChI is InChI=1S/C17H28N2O2/c1-4-10-18-15-9-11-19(12-13(15)5-2)17(20)16-8-7-14(6-3)21-16/h7-8,13,15,18H,4-6,9-12H2,1-3H3. The lowest BCUT2D eigenvalue weighted by Crippen LogP contribution is -2.51. The van der Waals surface area contributed by atoms with Crippen LogP contribution in [0, 0.1) is 5.92 Å². The summed E-state index contributed by atoms with van der Waals surface area (Å²) >= 11 is 0. The predicted molar refractivity (Wildman–Crippen MR) is 84.5 cm³/mol. The van der Waals surface area contributed by atoms with Gasteiger partial charge in [0.15, 0.2) is 5.76 Å². The Kier molecular flexibility index (Phi) is 5.85. The Morgan fingerprint density at radius 2 is 2.19 bits per heavy atom. The molecule has 4 nitrogen and oxygen atoms in total. The quantitative estimate of drug-likeness (QED) is 0.876. The monoisotopic (exact) mass is 292 g/mol. The van der Waals surface area contributed by atoms with E-state index in [1.165, 1.54) is 0 Å². The van der Waals surface area contributed by atoms with Crippen LogP contribution in [0.2, 0.25) is 0 Å². The number of likely N-dealkylation sites (tertiary alicyclic amines) is 1. The molecule has 2 heterocycles. The maximum atomic E-state index is 12.5. The van der Waals surface area contributed by atoms with Crippen molar-refractivity contribution in [1.29, 1.82) is 0 Å². The first-order chi connectivity index (χ1) is 10.2. The maximum absolute atomic E-state index is 12.5. The summed E-state index contributed by atoms with van der Waals surface area (Å²) in [4.78, 5) is 14.5. The normalized spacial score (nSPS) is 22.5. The van der Waals surface area contributed by atoms with E-state index in [1.54, 1.807) is 0 Å². The van der Waals surface area contributed by atoms with Crippen molar-refractivity contribution in [2.75, 3.05) is 19.6 Å². The van der Waals surface area contributed by atoms with Crippen molar-refractivity contribution in [3.05, 3.63) is 23.7 Å². The first kappa shape index (κ1) is 16.1. The third kappa shape index (κ3) is 3.88. The van der Waals surface area contributed by atoms with Gasteiger partial charge in [0.2, 0.25) is 0 Å². The molecule has 0 saturated carbocycles. The van der Waals surface area contributed by atoms with Crippen LogP contribution in [0.15, 0.2) is 16.5 Å². The van der Waals surface area contributed by atoms with Crippen LogP contribution >= 0.6 is 0 Å². The van der Waals surface area contributed by atoms with E-state index in [4.69, 9.17) is 4.42 Å². The van der Waals surface area contributed by atoms with E-state index >= 15 is 0 Å². The maximum Gasteiger partial charge on any atom is 0.289 e. The summed E-state index contributed by atoms with van der Waals surface area (Å²) in [5.74, 6) is 1.95. The van der Waals surface area contributed by atoms with E-state index in [-0.39, 0.29) is 5.91 Å². The van der Waals surface area contributed by atoms with Gasteiger partial charge in [-0.15, -0.1) is 0 Å². The van der Waals surface area contributed by atoms with Gasteiger partial charge in [0.1, 0.15) is 5.76 Å². The number of carbonyl (C=O) groups is 1. The molecule has 1 fully saturated rings. The van der Waals surface area contributed by atoms with E-state index in [2.05, 4.69) is 19.2 Å². The molecule has 0 spiro atoms. The summed E-state index contributed by atoms with van der Waals surface area (Å²) in [5, 5.41) is 3.62. The molecule has 2 rings (SSSR count). The molecule has 1 aliphatic heterocycles. The van der Waals surface area contributed by atoms with Gasteiger partial charge in [-0.05, 0) is 37.4 Å². The lowest BCUT2D eigenvalue weighted by Gasteiger charge is -2.38.